The average Bonchev–Trinajstić information content (AvgIpc) is 2.55. The van der Waals surface area contributed by atoms with Crippen molar-refractivity contribution >= 4 is 12.6 Å². The molecule has 1 heterocycles. The molecule has 3 heteroatoms. The van der Waals surface area contributed by atoms with Crippen LogP contribution in [0, 0.1) is 0 Å². The Bertz CT molecular complexity index is 360. The van der Waals surface area contributed by atoms with Gasteiger partial charge in [0.1, 0.15) is 12.6 Å². The molecule has 0 saturated carbocycles. The second kappa shape index (κ2) is 13.3. The minimum absolute atomic E-state index is 0.701. The highest BCUT2D eigenvalue weighted by atomic mass is 16.1. The predicted octanol–water partition coefficient (Wildman–Crippen LogP) is 4.43. The van der Waals surface area contributed by atoms with Gasteiger partial charge in [0.25, 0.3) is 0 Å². The summed E-state index contributed by atoms with van der Waals surface area (Å²) >= 11 is 0. The number of carbonyl (C=O) groups excluding carboxylic acids is 2. The molecule has 0 spiro atoms. The van der Waals surface area contributed by atoms with Gasteiger partial charge in [0.2, 0.25) is 0 Å². The van der Waals surface area contributed by atoms with Crippen molar-refractivity contribution < 1.29 is 9.59 Å². The Kier molecular flexibility index (Phi) is 11.3. The van der Waals surface area contributed by atoms with Gasteiger partial charge in [-0.25, -0.2) is 0 Å². The molecule has 0 N–H and O–H groups in total. The molecule has 0 aromatic heterocycles. The number of hydrogen-bond donors (Lipinski definition) is 0. The maximum atomic E-state index is 10.3. The normalized spacial score (nSPS) is 14.0. The fourth-order valence-corrected chi connectivity index (χ4v) is 2.84. The number of hydrogen-bond acceptors (Lipinski definition) is 3. The molecule has 0 aliphatic carbocycles. The van der Waals surface area contributed by atoms with E-state index in [1.165, 1.54) is 37.8 Å². The summed E-state index contributed by atoms with van der Waals surface area (Å²) in [5.41, 5.74) is 1.46. The van der Waals surface area contributed by atoms with Gasteiger partial charge < -0.3 is 14.5 Å². The fourth-order valence-electron chi connectivity index (χ4n) is 2.84. The predicted molar refractivity (Wildman–Crippen MR) is 91.7 cm³/mol. The van der Waals surface area contributed by atoms with Crippen LogP contribution in [0.4, 0.5) is 0 Å². The second-order valence-electron chi connectivity index (χ2n) is 6.02. The first-order valence-electron chi connectivity index (χ1n) is 8.86. The first-order valence-corrected chi connectivity index (χ1v) is 8.86. The zero-order valence-electron chi connectivity index (χ0n) is 13.8. The Labute approximate surface area is 135 Å². The van der Waals surface area contributed by atoms with Gasteiger partial charge in [0.05, 0.1) is 0 Å². The largest absolute Gasteiger partial charge is 0.371 e. The standard InChI is InChI=1S/C19H31NO2/c21-17-11-5-2-1-3-7-13-19-14-8-10-16-20(19)15-9-4-6-12-18-22/h8,10,14,17-18H,1-7,9,11-13,15-16H2. The van der Waals surface area contributed by atoms with Crippen LogP contribution in [0.1, 0.15) is 70.6 Å². The SMILES string of the molecule is O=CCCCCCCCC1=CC=CCN1CCCCCC=O. The quantitative estimate of drug-likeness (QED) is 0.352. The molecular weight excluding hydrogens is 274 g/mol. The van der Waals surface area contributed by atoms with Crippen LogP contribution in [0.15, 0.2) is 23.9 Å². The van der Waals surface area contributed by atoms with Crippen LogP contribution in [-0.4, -0.2) is 30.6 Å². The molecule has 0 aromatic carbocycles. The number of nitrogens with zero attached hydrogens (tertiary/aromatic N) is 1. The molecule has 0 atom stereocenters. The molecule has 0 unspecified atom stereocenters. The highest BCUT2D eigenvalue weighted by molar-refractivity contribution is 5.49. The van der Waals surface area contributed by atoms with Crippen molar-refractivity contribution in [1.29, 1.82) is 0 Å². The minimum atomic E-state index is 0.701. The average molecular weight is 305 g/mol. The zero-order valence-corrected chi connectivity index (χ0v) is 13.8. The van der Waals surface area contributed by atoms with Gasteiger partial charge in [-0.05, 0) is 38.2 Å². The van der Waals surface area contributed by atoms with E-state index >= 15 is 0 Å². The van der Waals surface area contributed by atoms with Crippen LogP contribution in [-0.2, 0) is 9.59 Å². The van der Waals surface area contributed by atoms with Gasteiger partial charge in [-0.1, -0.05) is 37.8 Å². The van der Waals surface area contributed by atoms with Crippen molar-refractivity contribution in [3.05, 3.63) is 23.9 Å². The van der Waals surface area contributed by atoms with Gasteiger partial charge in [-0.3, -0.25) is 0 Å². The van der Waals surface area contributed by atoms with E-state index in [1.54, 1.807) is 0 Å². The highest BCUT2D eigenvalue weighted by Gasteiger charge is 2.09. The molecule has 0 fully saturated rings. The van der Waals surface area contributed by atoms with Crippen LogP contribution >= 0.6 is 0 Å². The Hall–Kier alpha value is -1.38. The molecule has 0 bridgehead atoms. The number of aldehydes is 2. The fraction of sp³-hybridized carbons (Fsp3) is 0.684. The van der Waals surface area contributed by atoms with Crippen molar-refractivity contribution in [2.75, 3.05) is 13.1 Å². The van der Waals surface area contributed by atoms with Crippen LogP contribution < -0.4 is 0 Å². The third kappa shape index (κ3) is 8.81. The van der Waals surface area contributed by atoms with Crippen LogP contribution in [0.3, 0.4) is 0 Å². The molecule has 0 amide bonds. The van der Waals surface area contributed by atoms with Crippen molar-refractivity contribution in [3.8, 4) is 0 Å². The maximum absolute atomic E-state index is 10.3. The smallest absolute Gasteiger partial charge is 0.119 e. The van der Waals surface area contributed by atoms with Crippen LogP contribution in [0.2, 0.25) is 0 Å². The Morgan fingerprint density at radius 1 is 0.864 bits per heavy atom. The molecule has 22 heavy (non-hydrogen) atoms. The third-order valence-corrected chi connectivity index (χ3v) is 4.16. The molecule has 0 aromatic rings. The lowest BCUT2D eigenvalue weighted by Crippen LogP contribution is -2.26. The van der Waals surface area contributed by atoms with E-state index in [1.807, 2.05) is 0 Å². The number of rotatable bonds is 14. The highest BCUT2D eigenvalue weighted by Crippen LogP contribution is 2.19. The summed E-state index contributed by atoms with van der Waals surface area (Å²) in [4.78, 5) is 23.0. The maximum Gasteiger partial charge on any atom is 0.119 e. The summed E-state index contributed by atoms with van der Waals surface area (Å²) in [5, 5.41) is 0. The zero-order chi connectivity index (χ0) is 15.9. The molecule has 124 valence electrons. The summed E-state index contributed by atoms with van der Waals surface area (Å²) < 4.78 is 0. The molecule has 1 rings (SSSR count). The summed E-state index contributed by atoms with van der Waals surface area (Å²) in [6, 6.07) is 0. The van der Waals surface area contributed by atoms with Gasteiger partial charge in [0.15, 0.2) is 0 Å². The van der Waals surface area contributed by atoms with E-state index in [4.69, 9.17) is 0 Å². The van der Waals surface area contributed by atoms with Gasteiger partial charge >= 0.3 is 0 Å². The summed E-state index contributed by atoms with van der Waals surface area (Å²) in [6.45, 7) is 2.13. The van der Waals surface area contributed by atoms with E-state index in [0.717, 1.165) is 51.3 Å². The van der Waals surface area contributed by atoms with Gasteiger partial charge in [-0.15, -0.1) is 0 Å². The first kappa shape index (κ1) is 18.7. The second-order valence-corrected chi connectivity index (χ2v) is 6.02. The van der Waals surface area contributed by atoms with E-state index < -0.39 is 0 Å². The Morgan fingerprint density at radius 2 is 1.50 bits per heavy atom. The Balaban J connectivity index is 2.13. The van der Waals surface area contributed by atoms with Gasteiger partial charge in [-0.2, -0.15) is 0 Å². The summed E-state index contributed by atoms with van der Waals surface area (Å²) in [6.07, 6.45) is 20.5. The lowest BCUT2D eigenvalue weighted by atomic mass is 10.1. The number of carbonyl (C=O) groups is 2. The van der Waals surface area contributed by atoms with Gasteiger partial charge in [0, 0.05) is 31.6 Å². The lowest BCUT2D eigenvalue weighted by Gasteiger charge is -2.28. The van der Waals surface area contributed by atoms with E-state index in [9.17, 15) is 9.59 Å². The van der Waals surface area contributed by atoms with Crippen molar-refractivity contribution in [3.63, 3.8) is 0 Å². The van der Waals surface area contributed by atoms with Crippen molar-refractivity contribution in [2.45, 2.75) is 70.6 Å². The van der Waals surface area contributed by atoms with Crippen molar-refractivity contribution in [1.82, 2.24) is 4.90 Å². The third-order valence-electron chi connectivity index (χ3n) is 4.16. The van der Waals surface area contributed by atoms with Crippen molar-refractivity contribution in [2.24, 2.45) is 0 Å². The summed E-state index contributed by atoms with van der Waals surface area (Å²) in [5.74, 6) is 0. The van der Waals surface area contributed by atoms with E-state index in [2.05, 4.69) is 23.1 Å². The van der Waals surface area contributed by atoms with Crippen LogP contribution in [0.5, 0.6) is 0 Å². The lowest BCUT2D eigenvalue weighted by molar-refractivity contribution is -0.108. The number of unbranched alkanes of at least 4 members (excludes halogenated alkanes) is 8. The monoisotopic (exact) mass is 305 g/mol. The molecule has 0 radical (unpaired) electrons. The molecule has 0 saturated heterocycles. The minimum Gasteiger partial charge on any atom is -0.371 e. The molecule has 1 aliphatic heterocycles. The molecular formula is C19H31NO2. The van der Waals surface area contributed by atoms with E-state index in [-0.39, 0.29) is 0 Å². The topological polar surface area (TPSA) is 37.4 Å². The number of allylic oxidation sites excluding steroid dienone is 3. The van der Waals surface area contributed by atoms with E-state index in [0.29, 0.717) is 12.8 Å². The van der Waals surface area contributed by atoms with Crippen LogP contribution in [0.25, 0.3) is 0 Å². The summed E-state index contributed by atoms with van der Waals surface area (Å²) in [7, 11) is 0. The Morgan fingerprint density at radius 3 is 2.23 bits per heavy atom. The molecule has 3 nitrogen and oxygen atoms in total. The molecule has 1 aliphatic rings. The first-order chi connectivity index (χ1) is 10.9.